The minimum absolute atomic E-state index is 0.183. The van der Waals surface area contributed by atoms with E-state index < -0.39 is 11.9 Å². The number of aryl methyl sites for hydroxylation is 2. The molecule has 0 fully saturated rings. The zero-order chi connectivity index (χ0) is 21.7. The molecule has 0 heterocycles. The third kappa shape index (κ3) is 4.95. The number of ether oxygens (including phenoxy) is 2. The maximum Gasteiger partial charge on any atom is 0.335 e. The average Bonchev–Trinajstić information content (AvgIpc) is 2.74. The van der Waals surface area contributed by atoms with Gasteiger partial charge in [-0.2, -0.15) is 0 Å². The normalized spacial score (nSPS) is 15.7. The number of hydrogen-bond donors (Lipinski definition) is 0. The second-order valence-electron chi connectivity index (χ2n) is 7.50. The molecule has 4 nitrogen and oxygen atoms in total. The van der Waals surface area contributed by atoms with E-state index >= 15 is 0 Å². The van der Waals surface area contributed by atoms with E-state index in [-0.39, 0.29) is 5.92 Å². The van der Waals surface area contributed by atoms with Crippen LogP contribution >= 0.6 is 0 Å². The molecule has 0 bridgehead atoms. The van der Waals surface area contributed by atoms with Gasteiger partial charge >= 0.3 is 11.9 Å². The number of carbonyl (C=O) groups excluding carboxylic acids is 2. The van der Waals surface area contributed by atoms with E-state index in [2.05, 4.69) is 19.2 Å². The lowest BCUT2D eigenvalue weighted by molar-refractivity contribution is -0.129. The molecule has 0 saturated heterocycles. The van der Waals surface area contributed by atoms with Crippen molar-refractivity contribution < 1.29 is 19.1 Å². The molecule has 1 atom stereocenters. The standard InChI is InChI=1S/C26H26O4/c1-5-25(27)29-23-14-17(3)10-12-21(23)19-8-7-9-20(16-19)22-13-11-18(4)15-24(22)30-26(28)6-2/h5-6,8,10-15,20H,1-2,7,9,16H2,3-4H3. The first-order chi connectivity index (χ1) is 14.4. The number of rotatable bonds is 6. The Morgan fingerprint density at radius 1 is 0.933 bits per heavy atom. The second kappa shape index (κ2) is 9.40. The van der Waals surface area contributed by atoms with Crippen LogP contribution in [0.25, 0.3) is 5.57 Å². The maximum absolute atomic E-state index is 11.8. The Labute approximate surface area is 177 Å². The first kappa shape index (κ1) is 21.3. The Hall–Kier alpha value is -3.40. The van der Waals surface area contributed by atoms with Gasteiger partial charge in [0.05, 0.1) is 0 Å². The van der Waals surface area contributed by atoms with Crippen LogP contribution < -0.4 is 9.47 Å². The van der Waals surface area contributed by atoms with E-state index in [9.17, 15) is 9.59 Å². The predicted octanol–water partition coefficient (Wildman–Crippen LogP) is 5.84. The van der Waals surface area contributed by atoms with Crippen molar-refractivity contribution in [3.05, 3.63) is 90.0 Å². The van der Waals surface area contributed by atoms with Crippen LogP contribution in [0.4, 0.5) is 0 Å². The van der Waals surface area contributed by atoms with Crippen LogP contribution in [0.1, 0.15) is 47.4 Å². The quantitative estimate of drug-likeness (QED) is 0.346. The fourth-order valence-corrected chi connectivity index (χ4v) is 3.74. The van der Waals surface area contributed by atoms with Crippen molar-refractivity contribution in [1.29, 1.82) is 0 Å². The Balaban J connectivity index is 1.93. The summed E-state index contributed by atoms with van der Waals surface area (Å²) in [5.41, 5.74) is 5.04. The van der Waals surface area contributed by atoms with Gasteiger partial charge in [0, 0.05) is 17.7 Å². The molecule has 1 unspecified atom stereocenters. The third-order valence-corrected chi connectivity index (χ3v) is 5.22. The summed E-state index contributed by atoms with van der Waals surface area (Å²) in [7, 11) is 0. The van der Waals surface area contributed by atoms with Crippen LogP contribution in [-0.4, -0.2) is 11.9 Å². The van der Waals surface area contributed by atoms with Crippen LogP contribution in [0.2, 0.25) is 0 Å². The van der Waals surface area contributed by atoms with Crippen LogP contribution in [-0.2, 0) is 9.59 Å². The largest absolute Gasteiger partial charge is 0.423 e. The molecule has 4 heteroatoms. The highest BCUT2D eigenvalue weighted by atomic mass is 16.5. The van der Waals surface area contributed by atoms with Crippen molar-refractivity contribution in [2.75, 3.05) is 0 Å². The van der Waals surface area contributed by atoms with Gasteiger partial charge in [0.2, 0.25) is 0 Å². The minimum Gasteiger partial charge on any atom is -0.423 e. The number of benzene rings is 2. The molecule has 1 aliphatic rings. The van der Waals surface area contributed by atoms with Crippen molar-refractivity contribution >= 4 is 17.5 Å². The summed E-state index contributed by atoms with van der Waals surface area (Å²) in [6.45, 7) is 10.9. The summed E-state index contributed by atoms with van der Waals surface area (Å²) < 4.78 is 11.0. The lowest BCUT2D eigenvalue weighted by Crippen LogP contribution is -2.11. The highest BCUT2D eigenvalue weighted by Gasteiger charge is 2.24. The lowest BCUT2D eigenvalue weighted by atomic mass is 9.80. The maximum atomic E-state index is 11.8. The van der Waals surface area contributed by atoms with E-state index in [0.29, 0.717) is 11.5 Å². The zero-order valence-electron chi connectivity index (χ0n) is 17.4. The van der Waals surface area contributed by atoms with Crippen molar-refractivity contribution in [2.45, 2.75) is 39.0 Å². The zero-order valence-corrected chi connectivity index (χ0v) is 17.4. The molecular formula is C26H26O4. The van der Waals surface area contributed by atoms with E-state index in [4.69, 9.17) is 9.47 Å². The number of allylic oxidation sites excluding steroid dienone is 2. The molecule has 30 heavy (non-hydrogen) atoms. The summed E-state index contributed by atoms with van der Waals surface area (Å²) in [6.07, 6.45) is 7.10. The summed E-state index contributed by atoms with van der Waals surface area (Å²) in [5.74, 6) is 0.349. The second-order valence-corrected chi connectivity index (χ2v) is 7.50. The SMILES string of the molecule is C=CC(=O)Oc1cc(C)ccc1C1=CCCC(c2ccc(C)cc2OC(=O)C=C)C1. The first-order valence-corrected chi connectivity index (χ1v) is 10.0. The summed E-state index contributed by atoms with van der Waals surface area (Å²) in [6, 6.07) is 11.8. The Morgan fingerprint density at radius 3 is 2.20 bits per heavy atom. The Bertz CT molecular complexity index is 1030. The average molecular weight is 402 g/mol. The summed E-state index contributed by atoms with van der Waals surface area (Å²) in [5, 5.41) is 0. The van der Waals surface area contributed by atoms with Gasteiger partial charge in [-0.15, -0.1) is 0 Å². The predicted molar refractivity (Wildman–Crippen MR) is 119 cm³/mol. The van der Waals surface area contributed by atoms with Crippen molar-refractivity contribution in [3.63, 3.8) is 0 Å². The van der Waals surface area contributed by atoms with E-state index in [1.54, 1.807) is 0 Å². The number of carbonyl (C=O) groups is 2. The Kier molecular flexibility index (Phi) is 6.68. The summed E-state index contributed by atoms with van der Waals surface area (Å²) in [4.78, 5) is 23.6. The summed E-state index contributed by atoms with van der Waals surface area (Å²) >= 11 is 0. The van der Waals surface area contributed by atoms with Gasteiger partial charge < -0.3 is 9.47 Å². The van der Waals surface area contributed by atoms with Crippen LogP contribution in [0.5, 0.6) is 11.5 Å². The van der Waals surface area contributed by atoms with Gasteiger partial charge in [-0.05, 0) is 73.4 Å². The Morgan fingerprint density at radius 2 is 1.53 bits per heavy atom. The molecule has 0 spiro atoms. The van der Waals surface area contributed by atoms with Crippen molar-refractivity contribution in [2.24, 2.45) is 0 Å². The molecule has 0 N–H and O–H groups in total. The molecule has 0 aromatic heterocycles. The van der Waals surface area contributed by atoms with E-state index in [1.807, 2.05) is 50.2 Å². The van der Waals surface area contributed by atoms with Gasteiger partial charge in [-0.1, -0.05) is 43.5 Å². The molecule has 0 amide bonds. The molecular weight excluding hydrogens is 376 g/mol. The fourth-order valence-electron chi connectivity index (χ4n) is 3.74. The van der Waals surface area contributed by atoms with Gasteiger partial charge in [-0.3, -0.25) is 0 Å². The van der Waals surface area contributed by atoms with Gasteiger partial charge in [0.15, 0.2) is 0 Å². The molecule has 2 aromatic carbocycles. The van der Waals surface area contributed by atoms with Gasteiger partial charge in [0.25, 0.3) is 0 Å². The van der Waals surface area contributed by atoms with Crippen molar-refractivity contribution in [1.82, 2.24) is 0 Å². The topological polar surface area (TPSA) is 52.6 Å². The molecule has 0 aliphatic heterocycles. The minimum atomic E-state index is -0.480. The number of esters is 2. The molecule has 3 rings (SSSR count). The van der Waals surface area contributed by atoms with E-state index in [0.717, 1.165) is 53.2 Å². The molecule has 0 saturated carbocycles. The highest BCUT2D eigenvalue weighted by molar-refractivity contribution is 5.85. The first-order valence-electron chi connectivity index (χ1n) is 10.0. The molecule has 2 aromatic rings. The third-order valence-electron chi connectivity index (χ3n) is 5.22. The van der Waals surface area contributed by atoms with Crippen LogP contribution in [0.15, 0.2) is 67.8 Å². The monoisotopic (exact) mass is 402 g/mol. The molecule has 0 radical (unpaired) electrons. The fraction of sp³-hybridized carbons (Fsp3) is 0.231. The van der Waals surface area contributed by atoms with Gasteiger partial charge in [-0.25, -0.2) is 9.59 Å². The smallest absolute Gasteiger partial charge is 0.335 e. The van der Waals surface area contributed by atoms with E-state index in [1.165, 1.54) is 6.08 Å². The van der Waals surface area contributed by atoms with Crippen molar-refractivity contribution in [3.8, 4) is 11.5 Å². The molecule has 1 aliphatic carbocycles. The van der Waals surface area contributed by atoms with Crippen LogP contribution in [0, 0.1) is 13.8 Å². The lowest BCUT2D eigenvalue weighted by Gasteiger charge is -2.26. The van der Waals surface area contributed by atoms with Gasteiger partial charge in [0.1, 0.15) is 11.5 Å². The molecule has 154 valence electrons. The highest BCUT2D eigenvalue weighted by Crippen LogP contribution is 2.43. The number of hydrogen-bond acceptors (Lipinski definition) is 4. The van der Waals surface area contributed by atoms with Crippen LogP contribution in [0.3, 0.4) is 0 Å².